The molecule has 2 saturated heterocycles. The molecule has 0 spiro atoms. The fourth-order valence-electron chi connectivity index (χ4n) is 3.83. The molecule has 0 aliphatic carbocycles. The quantitative estimate of drug-likeness (QED) is 0.661. The van der Waals surface area contributed by atoms with Crippen LogP contribution >= 0.6 is 0 Å². The summed E-state index contributed by atoms with van der Waals surface area (Å²) >= 11 is 0. The number of imidazole rings is 1. The number of halogens is 2. The van der Waals surface area contributed by atoms with Gasteiger partial charge in [0.1, 0.15) is 28.9 Å². The van der Waals surface area contributed by atoms with Gasteiger partial charge in [0.05, 0.1) is 19.9 Å². The van der Waals surface area contributed by atoms with Crippen molar-refractivity contribution in [2.24, 2.45) is 0 Å². The van der Waals surface area contributed by atoms with E-state index in [9.17, 15) is 8.78 Å². The Kier molecular flexibility index (Phi) is 4.95. The molecule has 2 N–H and O–H groups in total. The molecule has 30 heavy (non-hydrogen) atoms. The molecule has 3 aromatic heterocycles. The highest BCUT2D eigenvalue weighted by Gasteiger charge is 2.28. The topological polar surface area (TPSA) is 85.6 Å². The average molecular weight is 416 g/mol. The predicted octanol–water partition coefficient (Wildman–Crippen LogP) is 2.70. The van der Waals surface area contributed by atoms with E-state index in [4.69, 9.17) is 9.47 Å². The lowest BCUT2D eigenvalue weighted by Crippen LogP contribution is -2.38. The summed E-state index contributed by atoms with van der Waals surface area (Å²) in [7, 11) is 1.55. The van der Waals surface area contributed by atoms with Crippen LogP contribution in [0.25, 0.3) is 17.0 Å². The van der Waals surface area contributed by atoms with Gasteiger partial charge in [0.15, 0.2) is 23.1 Å². The lowest BCUT2D eigenvalue weighted by atomic mass is 10.1. The van der Waals surface area contributed by atoms with Gasteiger partial charge in [-0.25, -0.2) is 23.3 Å². The zero-order valence-corrected chi connectivity index (χ0v) is 16.5. The van der Waals surface area contributed by atoms with Gasteiger partial charge in [-0.05, 0) is 19.4 Å². The second-order valence-corrected chi connectivity index (χ2v) is 7.50. The van der Waals surface area contributed by atoms with Crippen molar-refractivity contribution in [2.45, 2.75) is 31.4 Å². The van der Waals surface area contributed by atoms with Crippen molar-refractivity contribution in [2.75, 3.05) is 32.1 Å². The molecular weight excluding hydrogens is 394 g/mol. The monoisotopic (exact) mass is 416 g/mol. The molecule has 3 aromatic rings. The predicted molar refractivity (Wildman–Crippen MR) is 106 cm³/mol. The minimum atomic E-state index is -0.777. The van der Waals surface area contributed by atoms with Crippen molar-refractivity contribution in [1.82, 2.24) is 24.9 Å². The molecule has 0 saturated carbocycles. The Labute approximate surface area is 171 Å². The van der Waals surface area contributed by atoms with Crippen LogP contribution in [-0.4, -0.2) is 52.4 Å². The molecule has 0 bridgehead atoms. The maximum absolute atomic E-state index is 14.7. The van der Waals surface area contributed by atoms with Gasteiger partial charge in [-0.2, -0.15) is 5.10 Å². The van der Waals surface area contributed by atoms with Crippen LogP contribution in [0, 0.1) is 11.6 Å². The summed E-state index contributed by atoms with van der Waals surface area (Å²) in [6, 6.07) is 2.60. The summed E-state index contributed by atoms with van der Waals surface area (Å²) < 4.78 is 41.6. The van der Waals surface area contributed by atoms with Crippen molar-refractivity contribution < 1.29 is 18.3 Å². The Morgan fingerprint density at radius 1 is 1.27 bits per heavy atom. The van der Waals surface area contributed by atoms with Gasteiger partial charge in [-0.1, -0.05) is 0 Å². The maximum atomic E-state index is 14.7. The van der Waals surface area contributed by atoms with Gasteiger partial charge in [0.25, 0.3) is 0 Å². The van der Waals surface area contributed by atoms with Crippen LogP contribution in [0.2, 0.25) is 0 Å². The zero-order valence-electron chi connectivity index (χ0n) is 16.5. The molecule has 158 valence electrons. The number of piperidine rings is 1. The van der Waals surface area contributed by atoms with Crippen LogP contribution in [0.4, 0.5) is 14.6 Å². The van der Waals surface area contributed by atoms with Crippen molar-refractivity contribution in [1.29, 1.82) is 0 Å². The van der Waals surface area contributed by atoms with E-state index >= 15 is 0 Å². The Bertz CT molecular complexity index is 1080. The van der Waals surface area contributed by atoms with Gasteiger partial charge in [0.2, 0.25) is 0 Å². The van der Waals surface area contributed by atoms with Crippen LogP contribution in [0.5, 0.6) is 5.75 Å². The fraction of sp³-hybridized carbons (Fsp3) is 0.450. The molecule has 5 rings (SSSR count). The van der Waals surface area contributed by atoms with E-state index in [0.29, 0.717) is 35.9 Å². The molecule has 0 radical (unpaired) electrons. The van der Waals surface area contributed by atoms with Gasteiger partial charge in [-0.3, -0.25) is 0 Å². The van der Waals surface area contributed by atoms with Gasteiger partial charge >= 0.3 is 0 Å². The molecule has 2 aliphatic heterocycles. The maximum Gasteiger partial charge on any atom is 0.168 e. The van der Waals surface area contributed by atoms with Gasteiger partial charge in [-0.15, -0.1) is 0 Å². The zero-order chi connectivity index (χ0) is 20.7. The van der Waals surface area contributed by atoms with E-state index in [-0.39, 0.29) is 23.7 Å². The molecule has 0 amide bonds. The molecule has 10 heteroatoms. The third-order valence-electron chi connectivity index (χ3n) is 5.52. The molecule has 2 atom stereocenters. The van der Waals surface area contributed by atoms with E-state index in [0.717, 1.165) is 31.9 Å². The number of hydrogen-bond acceptors (Lipinski definition) is 7. The summed E-state index contributed by atoms with van der Waals surface area (Å²) in [6.45, 7) is 2.30. The van der Waals surface area contributed by atoms with E-state index in [2.05, 4.69) is 25.7 Å². The number of nitrogens with zero attached hydrogens (tertiary/aromatic N) is 4. The minimum absolute atomic E-state index is 0.0195. The molecule has 2 aliphatic rings. The first-order valence-corrected chi connectivity index (χ1v) is 10.0. The van der Waals surface area contributed by atoms with Crippen molar-refractivity contribution in [3.63, 3.8) is 0 Å². The van der Waals surface area contributed by atoms with E-state index < -0.39 is 11.6 Å². The first-order valence-electron chi connectivity index (χ1n) is 10.0. The van der Waals surface area contributed by atoms with Gasteiger partial charge in [0, 0.05) is 31.1 Å². The van der Waals surface area contributed by atoms with Crippen molar-refractivity contribution >= 4 is 11.5 Å². The van der Waals surface area contributed by atoms with E-state index in [1.165, 1.54) is 10.7 Å². The Morgan fingerprint density at radius 2 is 2.13 bits per heavy atom. The second-order valence-electron chi connectivity index (χ2n) is 7.50. The number of nitrogens with one attached hydrogen (secondary N) is 2. The molecule has 2 fully saturated rings. The number of pyridine rings is 1. The minimum Gasteiger partial charge on any atom is -0.495 e. The fourth-order valence-corrected chi connectivity index (χ4v) is 3.83. The number of aromatic nitrogens is 4. The first kappa shape index (κ1) is 19.1. The second kappa shape index (κ2) is 7.77. The summed E-state index contributed by atoms with van der Waals surface area (Å²) in [6.07, 6.45) is 4.00. The van der Waals surface area contributed by atoms with Crippen molar-refractivity contribution in [3.05, 3.63) is 35.7 Å². The molecule has 0 aromatic carbocycles. The normalized spacial score (nSPS) is 21.4. The lowest BCUT2D eigenvalue weighted by Gasteiger charge is -2.27. The lowest BCUT2D eigenvalue weighted by molar-refractivity contribution is -0.0569. The summed E-state index contributed by atoms with van der Waals surface area (Å²) in [5, 5.41) is 10.9. The molecular formula is C20H22F2N6O2. The Morgan fingerprint density at radius 3 is 2.83 bits per heavy atom. The molecule has 8 nitrogen and oxygen atoms in total. The largest absolute Gasteiger partial charge is 0.495 e. The molecule has 5 heterocycles. The van der Waals surface area contributed by atoms with E-state index in [1.54, 1.807) is 13.2 Å². The average Bonchev–Trinajstić information content (AvgIpc) is 3.11. The van der Waals surface area contributed by atoms with Crippen LogP contribution < -0.4 is 15.4 Å². The number of methoxy groups -OCH3 is 1. The highest BCUT2D eigenvalue weighted by molar-refractivity contribution is 5.63. The third kappa shape index (κ3) is 3.35. The summed E-state index contributed by atoms with van der Waals surface area (Å²) in [4.78, 5) is 8.56. The summed E-state index contributed by atoms with van der Waals surface area (Å²) in [5.41, 5.74) is 1.40. The van der Waals surface area contributed by atoms with Crippen LogP contribution in [-0.2, 0) is 4.74 Å². The number of rotatable bonds is 5. The van der Waals surface area contributed by atoms with E-state index in [1.807, 2.05) is 0 Å². The summed E-state index contributed by atoms with van der Waals surface area (Å²) in [5.74, 6) is -0.926. The third-order valence-corrected chi connectivity index (χ3v) is 5.52. The van der Waals surface area contributed by atoms with Gasteiger partial charge < -0.3 is 20.1 Å². The number of ether oxygens (including phenoxy) is 2. The highest BCUT2D eigenvalue weighted by Crippen LogP contribution is 2.35. The standard InChI is InChI=1S/C20H22F2N6O2/c1-29-16-8-17-24-10-14(28(17)27-19(16)15-4-6-30-15)18-12(21)7-13(22)20(26-18)25-11-3-2-5-23-9-11/h7-8,10-11,15,23H,2-6,9H2,1H3,(H,25,26). The van der Waals surface area contributed by atoms with Crippen molar-refractivity contribution in [3.8, 4) is 17.1 Å². The highest BCUT2D eigenvalue weighted by atomic mass is 19.1. The number of hydrogen-bond donors (Lipinski definition) is 2. The SMILES string of the molecule is COc1cc2ncc(-c3nc(NC4CCCNC4)c(F)cc3F)n2nc1C1CCO1. The van der Waals surface area contributed by atoms with Crippen LogP contribution in [0.1, 0.15) is 31.1 Å². The van der Waals surface area contributed by atoms with Crippen LogP contribution in [0.15, 0.2) is 18.3 Å². The number of fused-ring (bicyclic) bond motifs is 1. The van der Waals surface area contributed by atoms with Crippen LogP contribution in [0.3, 0.4) is 0 Å². The Balaban J connectivity index is 1.56. The first-order chi connectivity index (χ1) is 14.6. The Hall–Kier alpha value is -2.85. The number of anilines is 1. The smallest absolute Gasteiger partial charge is 0.168 e. The molecule has 2 unspecified atom stereocenters.